The fourth-order valence-electron chi connectivity index (χ4n) is 7.00. The van der Waals surface area contributed by atoms with Gasteiger partial charge in [-0.15, -0.1) is 0 Å². The molecule has 0 aliphatic carbocycles. The van der Waals surface area contributed by atoms with E-state index in [0.717, 1.165) is 41.2 Å². The first-order chi connectivity index (χ1) is 32.2. The quantitative estimate of drug-likeness (QED) is 0.0243. The Morgan fingerprint density at radius 2 is 0.622 bits per heavy atom. The van der Waals surface area contributed by atoms with E-state index in [1.807, 2.05) is 53.7 Å². The monoisotopic (exact) mass is 1210 g/mol. The summed E-state index contributed by atoms with van der Waals surface area (Å²) in [5, 5.41) is 11.0. The van der Waals surface area contributed by atoms with Crippen molar-refractivity contribution in [3.05, 3.63) is 0 Å². The lowest BCUT2D eigenvalue weighted by molar-refractivity contribution is -0.757. The number of hydrogen-bond acceptors (Lipinski definition) is 9. The molecule has 0 atom stereocenters. The number of carbonyl (C=O) groups excluding carboxylic acids is 3. The van der Waals surface area contributed by atoms with Gasteiger partial charge in [0.05, 0.1) is 6.10 Å². The Labute approximate surface area is 532 Å². The van der Waals surface area contributed by atoms with Gasteiger partial charge in [0.25, 0.3) is 0 Å². The van der Waals surface area contributed by atoms with Crippen molar-refractivity contribution in [1.29, 1.82) is 0 Å². The second-order valence-corrected chi connectivity index (χ2v) is 25.1. The van der Waals surface area contributed by atoms with Gasteiger partial charge in [0.1, 0.15) is 5.78 Å². The fourth-order valence-corrected chi connectivity index (χ4v) is 7.00. The summed E-state index contributed by atoms with van der Waals surface area (Å²) in [5.41, 5.74) is 1.08. The van der Waals surface area contributed by atoms with Crippen LogP contribution in [-0.4, -0.2) is 89.2 Å². The normalized spacial score (nSPS) is 10.1. The third kappa shape index (κ3) is 72.7. The SMILES string of the molecule is C.C.C.C.C.C.C.C.C.C.CC(C)C(=O)C(=O)C(C)C.CC(C)C(=O)C(C)C.CC(C)C(=S)C(C)C.CC(C)C(C(C)C)=[N+](C)O.CC(C)C(C)C(C)C.CC(C)C(C)C(C)C.CC(C)ON(C)C(C)C.COC(OC)(C(C)C)C(C)C. The number of ether oxygens (including phenoxy) is 2. The predicted octanol–water partition coefficient (Wildman–Crippen LogP) is 23.9. The van der Waals surface area contributed by atoms with E-state index in [1.54, 1.807) is 49.0 Å². The van der Waals surface area contributed by atoms with Gasteiger partial charge in [0.2, 0.25) is 17.3 Å². The highest BCUT2D eigenvalue weighted by molar-refractivity contribution is 7.80. The second kappa shape index (κ2) is 71.9. The van der Waals surface area contributed by atoms with Crippen molar-refractivity contribution < 1.29 is 38.6 Å². The van der Waals surface area contributed by atoms with Crippen LogP contribution in [0.25, 0.3) is 0 Å². The summed E-state index contributed by atoms with van der Waals surface area (Å²) < 4.78 is 12.0. The number of hydrogen-bond donors (Lipinski definition) is 1. The molecule has 10 heteroatoms. The van der Waals surface area contributed by atoms with Crippen molar-refractivity contribution >= 4 is 40.1 Å². The summed E-state index contributed by atoms with van der Waals surface area (Å²) in [6.45, 7) is 71.2. The van der Waals surface area contributed by atoms with Crippen LogP contribution >= 0.6 is 12.2 Å². The van der Waals surface area contributed by atoms with Crippen molar-refractivity contribution in [2.45, 2.75) is 328 Å². The molecule has 9 nitrogen and oxygen atoms in total. The number of ketones is 3. The van der Waals surface area contributed by atoms with Crippen LogP contribution in [0, 0.1) is 94.7 Å². The zero-order valence-corrected chi connectivity index (χ0v) is 56.4. The Kier molecular flexibility index (Phi) is 114. The zero-order chi connectivity index (χ0) is 60.1. The zero-order valence-electron chi connectivity index (χ0n) is 55.6. The van der Waals surface area contributed by atoms with Crippen LogP contribution < -0.4 is 0 Å². The molecule has 0 rings (SSSR count). The lowest BCUT2D eigenvalue weighted by Gasteiger charge is -2.38. The highest BCUT2D eigenvalue weighted by Crippen LogP contribution is 2.30. The van der Waals surface area contributed by atoms with Gasteiger partial charge < -0.3 is 9.47 Å². The third-order valence-corrected chi connectivity index (χ3v) is 13.6. The maximum Gasteiger partial charge on any atom is 0.208 e. The van der Waals surface area contributed by atoms with Gasteiger partial charge >= 0.3 is 0 Å². The molecule has 1 N–H and O–H groups in total. The number of hydroxylamine groups is 3. The molecule has 0 saturated carbocycles. The molecule has 0 aromatic rings. The average molecular weight is 1210 g/mol. The summed E-state index contributed by atoms with van der Waals surface area (Å²) in [7, 11) is 7.02. The number of rotatable bonds is 20. The van der Waals surface area contributed by atoms with E-state index in [2.05, 4.69) is 166 Å². The molecule has 0 aliphatic heterocycles. The van der Waals surface area contributed by atoms with Gasteiger partial charge in [0.15, 0.2) is 12.8 Å². The van der Waals surface area contributed by atoms with Gasteiger partial charge in [-0.3, -0.25) is 24.4 Å². The molecule has 0 saturated heterocycles. The van der Waals surface area contributed by atoms with Gasteiger partial charge in [-0.05, 0) is 84.6 Å². The molecule has 518 valence electrons. The van der Waals surface area contributed by atoms with Crippen LogP contribution in [-0.2, 0) is 28.7 Å². The van der Waals surface area contributed by atoms with E-state index in [0.29, 0.717) is 47.3 Å². The smallest absolute Gasteiger partial charge is 0.208 e. The topological polar surface area (TPSA) is 105 Å². The highest BCUT2D eigenvalue weighted by Gasteiger charge is 2.37. The number of methoxy groups -OCH3 is 2. The molecule has 0 bridgehead atoms. The Morgan fingerprint density at radius 3 is 0.646 bits per heavy atom. The van der Waals surface area contributed by atoms with E-state index in [-0.39, 0.29) is 116 Å². The molecule has 0 radical (unpaired) electrons. The van der Waals surface area contributed by atoms with Crippen molar-refractivity contribution in [2.24, 2.45) is 94.7 Å². The molecule has 0 aliphatic rings. The number of Topliss-reactive ketones (excluding diaryl/α,β-unsaturated/α-hetero) is 3. The van der Waals surface area contributed by atoms with E-state index in [9.17, 15) is 14.4 Å². The summed E-state index contributed by atoms with van der Waals surface area (Å²) in [6.07, 6.45) is 0.289. The van der Waals surface area contributed by atoms with Crippen molar-refractivity contribution in [3.8, 4) is 0 Å². The van der Waals surface area contributed by atoms with Crippen LogP contribution in [0.2, 0.25) is 0 Å². The molecule has 0 heterocycles. The number of carbonyl (C=O) groups is 3. The third-order valence-electron chi connectivity index (χ3n) is 12.7. The first kappa shape index (κ1) is 130. The summed E-state index contributed by atoms with van der Waals surface area (Å²) in [5.74, 6) is 7.37. The first-order valence-corrected chi connectivity index (χ1v) is 28.5. The van der Waals surface area contributed by atoms with Gasteiger partial charge in [0, 0.05) is 74.7 Å². The second-order valence-electron chi connectivity index (χ2n) is 24.6. The Bertz CT molecular complexity index is 1220. The van der Waals surface area contributed by atoms with E-state index < -0.39 is 5.79 Å². The number of nitrogens with zero attached hydrogens (tertiary/aromatic N) is 2. The summed E-state index contributed by atoms with van der Waals surface area (Å²) >= 11 is 5.10. The molecule has 0 fully saturated rings. The van der Waals surface area contributed by atoms with E-state index in [1.165, 1.54) is 9.60 Å². The fraction of sp³-hybridized carbons (Fsp3) is 0.931. The maximum atomic E-state index is 10.9. The minimum Gasteiger partial charge on any atom is -0.353 e. The standard InChI is InChI=1S/C9H20O2.C8H18NO.C8H14O2.2C8H18.C7H17NO.C7H14O.C7H14S.10CH4/c1-7(2)9(10-5,11-6)8(3)4;1-6(2)8(7(3)4)9(5)10;1-5(2)7(9)8(10)6(3)4;2*1-6(2)8(5)7(3)4;1-6(2)8(5)9-7(3)4;2*1-5(2)7(8)6(3)4;;;;;;;;;;/h7-8H,1-6H3;6-7,10H,1-5H3;5-6H,1-4H3;2*6-8H,1-5H3;6-7H,1-5H3;2*5-6H,1-4H3;10*1H4/q;+1;;;;;;;;;;;;;;;;. The lowest BCUT2D eigenvalue weighted by Crippen LogP contribution is -2.44. The van der Waals surface area contributed by atoms with Gasteiger partial charge in [-0.25, -0.2) is 0 Å². The Hall–Kier alpha value is -1.59. The molecule has 0 unspecified atom stereocenters. The molecule has 0 aromatic heterocycles. The molecular formula is C72H173N2O7S+. The van der Waals surface area contributed by atoms with Crippen molar-refractivity contribution in [1.82, 2.24) is 5.06 Å². The predicted molar refractivity (Wildman–Crippen MR) is 390 cm³/mol. The minimum absolute atomic E-state index is 0. The van der Waals surface area contributed by atoms with E-state index in [4.69, 9.17) is 31.7 Å². The molecule has 0 aromatic carbocycles. The number of thiocarbonyl (C=S) groups is 1. The van der Waals surface area contributed by atoms with Crippen LogP contribution in [0.15, 0.2) is 0 Å². The highest BCUT2D eigenvalue weighted by atomic mass is 32.1. The van der Waals surface area contributed by atoms with Crippen LogP contribution in [0.4, 0.5) is 0 Å². The minimum atomic E-state index is -0.417. The lowest BCUT2D eigenvalue weighted by atomic mass is 9.88. The van der Waals surface area contributed by atoms with Gasteiger partial charge in [-0.2, -0.15) is 5.06 Å². The average Bonchev–Trinajstić information content (AvgIpc) is 3.22. The summed E-state index contributed by atoms with van der Waals surface area (Å²) in [6, 6.07) is 0.465. The molecule has 0 spiro atoms. The molecular weight excluding hydrogens is 1040 g/mol. The first-order valence-electron chi connectivity index (χ1n) is 28.1. The molecule has 82 heavy (non-hydrogen) atoms. The summed E-state index contributed by atoms with van der Waals surface area (Å²) in [4.78, 5) is 39.2. The van der Waals surface area contributed by atoms with Gasteiger partial charge in [-0.1, -0.05) is 294 Å². The Balaban J connectivity index is -0.0000000352. The van der Waals surface area contributed by atoms with Crippen LogP contribution in [0.3, 0.4) is 0 Å². The van der Waals surface area contributed by atoms with E-state index >= 15 is 0 Å². The Morgan fingerprint density at radius 1 is 0.402 bits per heavy atom. The van der Waals surface area contributed by atoms with Crippen molar-refractivity contribution in [2.75, 3.05) is 28.3 Å². The molecule has 0 amide bonds. The largest absolute Gasteiger partial charge is 0.353 e. The van der Waals surface area contributed by atoms with Crippen LogP contribution in [0.1, 0.15) is 310 Å². The maximum absolute atomic E-state index is 10.9. The van der Waals surface area contributed by atoms with Crippen molar-refractivity contribution in [3.63, 3.8) is 0 Å². The van der Waals surface area contributed by atoms with Crippen LogP contribution in [0.5, 0.6) is 0 Å².